The van der Waals surface area contributed by atoms with Crippen LogP contribution in [0.5, 0.6) is 0 Å². The van der Waals surface area contributed by atoms with Crippen molar-refractivity contribution in [2.24, 2.45) is 5.92 Å². The second-order valence-corrected chi connectivity index (χ2v) is 10.0. The Morgan fingerprint density at radius 2 is 1.85 bits per heavy atom. The van der Waals surface area contributed by atoms with Gasteiger partial charge in [0.25, 0.3) is 5.56 Å². The minimum absolute atomic E-state index is 0. The van der Waals surface area contributed by atoms with Crippen molar-refractivity contribution in [3.63, 3.8) is 0 Å². The Bertz CT molecular complexity index is 893. The number of amides is 2. The number of H-pyrrole nitrogens is 1. The number of piperidine rings is 1. The molecule has 1 aromatic heterocycles. The lowest BCUT2D eigenvalue weighted by molar-refractivity contribution is -0.166. The van der Waals surface area contributed by atoms with Gasteiger partial charge in [0.15, 0.2) is 0 Å². The summed E-state index contributed by atoms with van der Waals surface area (Å²) in [6.07, 6.45) is 8.76. The number of rotatable bonds is 7. The normalized spacial score (nSPS) is 24.5. The van der Waals surface area contributed by atoms with Gasteiger partial charge in [-0.1, -0.05) is 38.7 Å². The van der Waals surface area contributed by atoms with Crippen LogP contribution in [0.2, 0.25) is 0 Å². The van der Waals surface area contributed by atoms with E-state index in [4.69, 9.17) is 0 Å². The number of aromatic amines is 1. The van der Waals surface area contributed by atoms with Crippen LogP contribution in [-0.4, -0.2) is 69.0 Å². The lowest BCUT2D eigenvalue weighted by Crippen LogP contribution is -2.75. The second kappa shape index (κ2) is 11.7. The summed E-state index contributed by atoms with van der Waals surface area (Å²) in [4.78, 5) is 45.9. The number of halogens is 1. The molecule has 8 nitrogen and oxygen atoms in total. The van der Waals surface area contributed by atoms with E-state index in [2.05, 4.69) is 22.1 Å². The van der Waals surface area contributed by atoms with Crippen molar-refractivity contribution in [2.75, 3.05) is 19.6 Å². The zero-order valence-electron chi connectivity index (χ0n) is 20.1. The monoisotopic (exact) mass is 494 g/mol. The van der Waals surface area contributed by atoms with Gasteiger partial charge in [-0.3, -0.25) is 19.3 Å². The van der Waals surface area contributed by atoms with Crippen molar-refractivity contribution in [1.29, 1.82) is 0 Å². The smallest absolute Gasteiger partial charge is 0.252 e. The zero-order chi connectivity index (χ0) is 23.4. The fourth-order valence-electron chi connectivity index (χ4n) is 5.86. The molecule has 0 radical (unpaired) electrons. The molecule has 9 heteroatoms. The van der Waals surface area contributed by atoms with Gasteiger partial charge < -0.3 is 20.3 Å². The molecule has 34 heavy (non-hydrogen) atoms. The molecule has 1 aliphatic carbocycles. The molecule has 3 N–H and O–H groups in total. The minimum Gasteiger partial charge on any atom is -0.390 e. The molecule has 3 fully saturated rings. The topological polar surface area (TPSA) is 106 Å². The van der Waals surface area contributed by atoms with E-state index in [1.54, 1.807) is 11.1 Å². The van der Waals surface area contributed by atoms with Crippen molar-refractivity contribution in [3.05, 3.63) is 34.2 Å². The van der Waals surface area contributed by atoms with Crippen LogP contribution in [-0.2, 0) is 16.1 Å². The van der Waals surface area contributed by atoms with Crippen molar-refractivity contribution in [2.45, 2.75) is 88.9 Å². The van der Waals surface area contributed by atoms with E-state index in [1.165, 1.54) is 6.42 Å². The van der Waals surface area contributed by atoms with Gasteiger partial charge in [-0.15, -0.1) is 12.4 Å². The van der Waals surface area contributed by atoms with Gasteiger partial charge in [0.2, 0.25) is 11.8 Å². The summed E-state index contributed by atoms with van der Waals surface area (Å²) < 4.78 is 0. The van der Waals surface area contributed by atoms with Crippen LogP contribution in [0.4, 0.5) is 0 Å². The SMILES string of the molecule is CCCCN1C(=O)[C@@H]([C@H](O)C2CCCCC2)NC(=O)C12CCN(Cc1ccc[nH]c1=O)CC2.Cl. The predicted molar refractivity (Wildman–Crippen MR) is 133 cm³/mol. The average Bonchev–Trinajstić information content (AvgIpc) is 2.84. The number of unbranched alkanes of at least 4 members (excludes halogenated alkanes) is 1. The molecule has 0 unspecified atom stereocenters. The van der Waals surface area contributed by atoms with E-state index in [-0.39, 0.29) is 35.7 Å². The summed E-state index contributed by atoms with van der Waals surface area (Å²) >= 11 is 0. The van der Waals surface area contributed by atoms with E-state index < -0.39 is 17.7 Å². The maximum Gasteiger partial charge on any atom is 0.252 e. The summed E-state index contributed by atoms with van der Waals surface area (Å²) in [5.74, 6) is -0.190. The number of carbonyl (C=O) groups excluding carboxylic acids is 2. The molecule has 0 bridgehead atoms. The van der Waals surface area contributed by atoms with E-state index in [1.807, 2.05) is 12.1 Å². The molecule has 4 rings (SSSR count). The van der Waals surface area contributed by atoms with Crippen LogP contribution in [0.15, 0.2) is 23.1 Å². The molecule has 3 aliphatic rings. The maximum absolute atomic E-state index is 13.6. The van der Waals surface area contributed by atoms with Crippen LogP contribution in [0, 0.1) is 5.92 Å². The van der Waals surface area contributed by atoms with Crippen molar-refractivity contribution in [3.8, 4) is 0 Å². The average molecular weight is 495 g/mol. The van der Waals surface area contributed by atoms with Gasteiger partial charge >= 0.3 is 0 Å². The van der Waals surface area contributed by atoms with Crippen molar-refractivity contribution >= 4 is 24.2 Å². The Morgan fingerprint density at radius 3 is 2.50 bits per heavy atom. The fourth-order valence-corrected chi connectivity index (χ4v) is 5.86. The van der Waals surface area contributed by atoms with Gasteiger partial charge in [0.1, 0.15) is 11.6 Å². The summed E-state index contributed by atoms with van der Waals surface area (Å²) in [7, 11) is 0. The molecule has 2 saturated heterocycles. The van der Waals surface area contributed by atoms with E-state index >= 15 is 0 Å². The van der Waals surface area contributed by atoms with Crippen LogP contribution in [0.3, 0.4) is 0 Å². The van der Waals surface area contributed by atoms with Gasteiger partial charge in [-0.05, 0) is 44.1 Å². The number of aliphatic hydroxyl groups excluding tert-OH is 1. The molecule has 1 saturated carbocycles. The Kier molecular flexibility index (Phi) is 9.18. The number of piperazine rings is 1. The predicted octanol–water partition coefficient (Wildman–Crippen LogP) is 2.20. The molecular weight excluding hydrogens is 456 g/mol. The molecule has 1 spiro atoms. The molecule has 2 aliphatic heterocycles. The number of aliphatic hydroxyl groups is 1. The van der Waals surface area contributed by atoms with Crippen LogP contribution in [0.25, 0.3) is 0 Å². The van der Waals surface area contributed by atoms with Gasteiger partial charge in [0, 0.05) is 37.9 Å². The Morgan fingerprint density at radius 1 is 1.15 bits per heavy atom. The number of likely N-dealkylation sites (tertiary alicyclic amines) is 1. The second-order valence-electron chi connectivity index (χ2n) is 10.0. The molecule has 0 aromatic carbocycles. The number of nitrogens with one attached hydrogen (secondary N) is 2. The third-order valence-corrected chi connectivity index (χ3v) is 7.94. The number of aromatic nitrogens is 1. The van der Waals surface area contributed by atoms with Gasteiger partial charge in [-0.25, -0.2) is 0 Å². The molecule has 1 aromatic rings. The quantitative estimate of drug-likeness (QED) is 0.539. The highest BCUT2D eigenvalue weighted by molar-refractivity contribution is 6.00. The van der Waals surface area contributed by atoms with Gasteiger partial charge in [0.05, 0.1) is 6.10 Å². The Labute approximate surface area is 207 Å². The first kappa shape index (κ1) is 26.7. The highest BCUT2D eigenvalue weighted by Crippen LogP contribution is 2.36. The first-order valence-electron chi connectivity index (χ1n) is 12.7. The molecule has 2 atom stereocenters. The number of carbonyl (C=O) groups is 2. The number of hydrogen-bond donors (Lipinski definition) is 3. The zero-order valence-corrected chi connectivity index (χ0v) is 20.9. The van der Waals surface area contributed by atoms with Gasteiger partial charge in [-0.2, -0.15) is 0 Å². The van der Waals surface area contributed by atoms with Crippen molar-refractivity contribution in [1.82, 2.24) is 20.1 Å². The summed E-state index contributed by atoms with van der Waals surface area (Å²) in [6, 6.07) is 2.80. The third kappa shape index (κ3) is 5.34. The summed E-state index contributed by atoms with van der Waals surface area (Å²) in [6.45, 7) is 4.41. The van der Waals surface area contributed by atoms with Crippen LogP contribution >= 0.6 is 12.4 Å². The van der Waals surface area contributed by atoms with Crippen LogP contribution < -0.4 is 10.9 Å². The van der Waals surface area contributed by atoms with E-state index in [0.29, 0.717) is 44.6 Å². The standard InChI is InChI=1S/C25H38N4O4.ClH/c1-2-3-14-29-23(32)20(21(30)18-8-5-4-6-9-18)27-24(33)25(29)11-15-28(16-12-25)17-19-10-7-13-26-22(19)31;/h7,10,13,18,20-21,30H,2-6,8-9,11-12,14-17H2,1H3,(H,26,31)(H,27,33);1H/t20-,21-;/m1./s1. The maximum atomic E-state index is 13.6. The number of hydrogen-bond acceptors (Lipinski definition) is 5. The molecule has 2 amide bonds. The highest BCUT2D eigenvalue weighted by atomic mass is 35.5. The molecular formula is C25H39ClN4O4. The summed E-state index contributed by atoms with van der Waals surface area (Å²) in [5, 5.41) is 14.0. The number of nitrogens with zero attached hydrogens (tertiary/aromatic N) is 2. The fraction of sp³-hybridized carbons (Fsp3) is 0.720. The Balaban J connectivity index is 0.00000324. The molecule has 3 heterocycles. The lowest BCUT2D eigenvalue weighted by Gasteiger charge is -2.52. The van der Waals surface area contributed by atoms with E-state index in [0.717, 1.165) is 38.5 Å². The largest absolute Gasteiger partial charge is 0.390 e. The van der Waals surface area contributed by atoms with E-state index in [9.17, 15) is 19.5 Å². The third-order valence-electron chi connectivity index (χ3n) is 7.94. The van der Waals surface area contributed by atoms with Crippen molar-refractivity contribution < 1.29 is 14.7 Å². The summed E-state index contributed by atoms with van der Waals surface area (Å²) in [5.41, 5.74) is -0.252. The molecule has 190 valence electrons. The first-order valence-corrected chi connectivity index (χ1v) is 12.7. The van der Waals surface area contributed by atoms with Crippen LogP contribution in [0.1, 0.15) is 70.3 Å². The minimum atomic E-state index is -0.866. The number of pyridine rings is 1. The first-order chi connectivity index (χ1) is 16.0. The Hall–Kier alpha value is -1.90. The lowest BCUT2D eigenvalue weighted by atomic mass is 9.78. The highest BCUT2D eigenvalue weighted by Gasteiger charge is 2.55.